The number of nitrogens with zero attached hydrogens (tertiary/aromatic N) is 7. The molecule has 10 nitrogen and oxygen atoms in total. The molecule has 1 aliphatic carbocycles. The molecule has 43 heavy (non-hydrogen) atoms. The lowest BCUT2D eigenvalue weighted by Gasteiger charge is -2.35. The number of halogens is 2. The fraction of sp³-hybridized carbons (Fsp3) is 0.387. The molecule has 0 unspecified atom stereocenters. The van der Waals surface area contributed by atoms with Gasteiger partial charge in [-0.3, -0.25) is 9.52 Å². The molecular formula is C31H34F2N8O2. The molecule has 1 saturated carbocycles. The molecule has 2 aliphatic heterocycles. The van der Waals surface area contributed by atoms with Crippen LogP contribution in [0.25, 0.3) is 11.1 Å². The van der Waals surface area contributed by atoms with Crippen molar-refractivity contribution < 1.29 is 18.4 Å². The van der Waals surface area contributed by atoms with Gasteiger partial charge in [0, 0.05) is 73.3 Å². The molecule has 4 aromatic rings. The van der Waals surface area contributed by atoms with Crippen LogP contribution < -0.4 is 20.0 Å². The molecule has 2 aromatic carbocycles. The van der Waals surface area contributed by atoms with Gasteiger partial charge in [-0.25, -0.2) is 23.8 Å². The molecule has 224 valence electrons. The largest absolute Gasteiger partial charge is 0.494 e. The Morgan fingerprint density at radius 3 is 2.65 bits per heavy atom. The lowest BCUT2D eigenvalue weighted by molar-refractivity contribution is 0.156. The highest BCUT2D eigenvalue weighted by Gasteiger charge is 2.32. The minimum Gasteiger partial charge on any atom is -0.494 e. The standard InChI is InChI=1S/C31H34F2N8O2/c1-38-9-11-39(12-10-38)27-15-28(42-2)25(14-23(27)20-17-36-40(18-20)21-6-7-21)37-29-16-30(35-19-34-29)41-26(8-13-43-41)22-4-3-5-24(32)31(22)33/h3-5,14-19,21,26H,6-13H2,1-2H3,(H,34,35,37)/t26-/m1/s1. The van der Waals surface area contributed by atoms with E-state index >= 15 is 0 Å². The highest BCUT2D eigenvalue weighted by Crippen LogP contribution is 2.43. The van der Waals surface area contributed by atoms with Crippen LogP contribution in [-0.4, -0.2) is 71.6 Å². The third-order valence-electron chi connectivity index (χ3n) is 8.38. The van der Waals surface area contributed by atoms with Crippen molar-refractivity contribution in [3.63, 3.8) is 0 Å². The number of piperazine rings is 1. The molecule has 0 spiro atoms. The fourth-order valence-electron chi connectivity index (χ4n) is 5.82. The molecule has 12 heteroatoms. The van der Waals surface area contributed by atoms with E-state index in [2.05, 4.69) is 60.2 Å². The van der Waals surface area contributed by atoms with Crippen molar-refractivity contribution in [3.05, 3.63) is 72.3 Å². The van der Waals surface area contributed by atoms with E-state index in [0.29, 0.717) is 36.5 Å². The number of methoxy groups -OCH3 is 1. The third kappa shape index (κ3) is 5.48. The van der Waals surface area contributed by atoms with Crippen LogP contribution >= 0.6 is 0 Å². The molecule has 0 radical (unpaired) electrons. The van der Waals surface area contributed by atoms with Gasteiger partial charge in [0.05, 0.1) is 37.7 Å². The first-order valence-electron chi connectivity index (χ1n) is 14.6. The second-order valence-corrected chi connectivity index (χ2v) is 11.3. The van der Waals surface area contributed by atoms with Gasteiger partial charge in [0.15, 0.2) is 17.5 Å². The Balaban J connectivity index is 1.22. The average Bonchev–Trinajstić information content (AvgIpc) is 3.54. The summed E-state index contributed by atoms with van der Waals surface area (Å²) < 4.78 is 36.6. The molecule has 7 rings (SSSR count). The normalized spacial score (nSPS) is 19.2. The van der Waals surface area contributed by atoms with Gasteiger partial charge >= 0.3 is 0 Å². The van der Waals surface area contributed by atoms with Crippen LogP contribution in [0.15, 0.2) is 55.1 Å². The summed E-state index contributed by atoms with van der Waals surface area (Å²) in [4.78, 5) is 19.4. The van der Waals surface area contributed by atoms with Crippen molar-refractivity contribution in [3.8, 4) is 16.9 Å². The van der Waals surface area contributed by atoms with E-state index in [1.54, 1.807) is 19.2 Å². The number of ether oxygens (including phenoxy) is 1. The summed E-state index contributed by atoms with van der Waals surface area (Å²) in [5.41, 5.74) is 4.15. The summed E-state index contributed by atoms with van der Waals surface area (Å²) in [6.07, 6.45) is 8.29. The smallest absolute Gasteiger partial charge is 0.164 e. The predicted molar refractivity (Wildman–Crippen MR) is 160 cm³/mol. The SMILES string of the molecule is COc1cc(N2CCN(C)CC2)c(-c2cnn(C3CC3)c2)cc1Nc1cc(N2OCC[C@@H]2c2cccc(F)c2F)ncn1. The number of likely N-dealkylation sites (N-methyl/N-ethyl adjacent to an activating group) is 1. The predicted octanol–water partition coefficient (Wildman–Crippen LogP) is 5.34. The summed E-state index contributed by atoms with van der Waals surface area (Å²) in [5.74, 6) is -0.158. The zero-order valence-electron chi connectivity index (χ0n) is 24.2. The van der Waals surface area contributed by atoms with Crippen LogP contribution in [0, 0.1) is 11.6 Å². The first kappa shape index (κ1) is 27.5. The Morgan fingerprint density at radius 2 is 1.86 bits per heavy atom. The van der Waals surface area contributed by atoms with Crippen molar-refractivity contribution in [2.75, 3.05) is 62.2 Å². The van der Waals surface area contributed by atoms with Crippen LogP contribution in [0.2, 0.25) is 0 Å². The number of hydrogen-bond acceptors (Lipinski definition) is 9. The van der Waals surface area contributed by atoms with Gasteiger partial charge in [0.2, 0.25) is 0 Å². The molecule has 3 fully saturated rings. The van der Waals surface area contributed by atoms with Gasteiger partial charge < -0.3 is 19.9 Å². The maximum absolute atomic E-state index is 14.7. The first-order valence-corrected chi connectivity index (χ1v) is 14.6. The Hall–Kier alpha value is -4.29. The zero-order chi connectivity index (χ0) is 29.5. The van der Waals surface area contributed by atoms with E-state index in [1.807, 2.05) is 6.20 Å². The number of hydroxylamine groups is 1. The topological polar surface area (TPSA) is 83.8 Å². The molecule has 1 N–H and O–H groups in total. The van der Waals surface area contributed by atoms with Crippen molar-refractivity contribution in [1.82, 2.24) is 24.6 Å². The second-order valence-electron chi connectivity index (χ2n) is 11.3. The first-order chi connectivity index (χ1) is 21.0. The maximum Gasteiger partial charge on any atom is 0.164 e. The molecule has 0 amide bonds. The van der Waals surface area contributed by atoms with Crippen LogP contribution in [0.5, 0.6) is 5.75 Å². The molecule has 3 aliphatic rings. The van der Waals surface area contributed by atoms with Gasteiger partial charge in [-0.05, 0) is 32.0 Å². The Morgan fingerprint density at radius 1 is 1.02 bits per heavy atom. The summed E-state index contributed by atoms with van der Waals surface area (Å²) in [6, 6.07) is 10.0. The molecule has 2 saturated heterocycles. The number of benzene rings is 2. The minimum atomic E-state index is -0.889. The van der Waals surface area contributed by atoms with E-state index < -0.39 is 17.7 Å². The van der Waals surface area contributed by atoms with Crippen LogP contribution in [0.4, 0.5) is 31.8 Å². The van der Waals surface area contributed by atoms with Gasteiger partial charge in [-0.1, -0.05) is 12.1 Å². The lowest BCUT2D eigenvalue weighted by atomic mass is 10.0. The lowest BCUT2D eigenvalue weighted by Crippen LogP contribution is -2.44. The van der Waals surface area contributed by atoms with Gasteiger partial charge in [-0.15, -0.1) is 0 Å². The second kappa shape index (κ2) is 11.4. The molecule has 0 bridgehead atoms. The maximum atomic E-state index is 14.7. The molecular weight excluding hydrogens is 554 g/mol. The summed E-state index contributed by atoms with van der Waals surface area (Å²) in [5, 5.41) is 9.59. The highest BCUT2D eigenvalue weighted by atomic mass is 19.2. The Labute approximate surface area is 248 Å². The van der Waals surface area contributed by atoms with E-state index in [4.69, 9.17) is 9.57 Å². The molecule has 1 atom stereocenters. The average molecular weight is 589 g/mol. The van der Waals surface area contributed by atoms with E-state index in [0.717, 1.165) is 67.6 Å². The number of hydrogen-bond donors (Lipinski definition) is 1. The summed E-state index contributed by atoms with van der Waals surface area (Å²) >= 11 is 0. The highest BCUT2D eigenvalue weighted by molar-refractivity contribution is 5.85. The Bertz CT molecular complexity index is 1620. The van der Waals surface area contributed by atoms with Crippen molar-refractivity contribution >= 4 is 23.0 Å². The van der Waals surface area contributed by atoms with E-state index in [1.165, 1.54) is 17.5 Å². The van der Waals surface area contributed by atoms with Crippen molar-refractivity contribution in [1.29, 1.82) is 0 Å². The quantitative estimate of drug-likeness (QED) is 0.293. The van der Waals surface area contributed by atoms with Gasteiger partial charge in [0.1, 0.15) is 17.9 Å². The van der Waals surface area contributed by atoms with Crippen LogP contribution in [0.1, 0.15) is 36.9 Å². The van der Waals surface area contributed by atoms with Crippen LogP contribution in [0.3, 0.4) is 0 Å². The summed E-state index contributed by atoms with van der Waals surface area (Å²) in [6.45, 7) is 4.13. The van der Waals surface area contributed by atoms with E-state index in [-0.39, 0.29) is 5.56 Å². The number of nitrogens with one attached hydrogen (secondary N) is 1. The number of aromatic nitrogens is 4. The third-order valence-corrected chi connectivity index (χ3v) is 8.38. The van der Waals surface area contributed by atoms with Gasteiger partial charge in [0.25, 0.3) is 0 Å². The number of rotatable bonds is 8. The number of anilines is 4. The van der Waals surface area contributed by atoms with E-state index in [9.17, 15) is 8.78 Å². The zero-order valence-corrected chi connectivity index (χ0v) is 24.2. The van der Waals surface area contributed by atoms with Crippen molar-refractivity contribution in [2.45, 2.75) is 31.3 Å². The Kier molecular flexibility index (Phi) is 7.31. The fourth-order valence-corrected chi connectivity index (χ4v) is 5.82. The molecule has 2 aromatic heterocycles. The van der Waals surface area contributed by atoms with Gasteiger partial charge in [-0.2, -0.15) is 5.10 Å². The minimum absolute atomic E-state index is 0.225. The van der Waals surface area contributed by atoms with Crippen molar-refractivity contribution in [2.24, 2.45) is 0 Å². The van der Waals surface area contributed by atoms with Crippen LogP contribution in [-0.2, 0) is 4.84 Å². The summed E-state index contributed by atoms with van der Waals surface area (Å²) in [7, 11) is 3.80. The molecule has 4 heterocycles. The monoisotopic (exact) mass is 588 g/mol.